The van der Waals surface area contributed by atoms with Crippen LogP contribution in [-0.2, 0) is 16.1 Å². The van der Waals surface area contributed by atoms with E-state index in [1.165, 1.54) is 19.4 Å². The normalized spacial score (nSPS) is 10.6. The first-order valence-corrected chi connectivity index (χ1v) is 9.10. The van der Waals surface area contributed by atoms with Crippen LogP contribution in [0.25, 0.3) is 0 Å². The Hall–Kier alpha value is -3.50. The summed E-state index contributed by atoms with van der Waals surface area (Å²) in [5.74, 6) is -0.468. The van der Waals surface area contributed by atoms with Crippen molar-refractivity contribution in [1.29, 1.82) is 5.26 Å². The molecule has 2 aromatic carbocycles. The van der Waals surface area contributed by atoms with E-state index in [4.69, 9.17) is 21.1 Å². The van der Waals surface area contributed by atoms with Crippen molar-refractivity contribution in [3.63, 3.8) is 0 Å². The van der Waals surface area contributed by atoms with Crippen LogP contribution in [-0.4, -0.2) is 25.6 Å². The van der Waals surface area contributed by atoms with Gasteiger partial charge >= 0.3 is 5.97 Å². The molecule has 0 spiro atoms. The van der Waals surface area contributed by atoms with Crippen LogP contribution in [0, 0.1) is 11.3 Å². The lowest BCUT2D eigenvalue weighted by Gasteiger charge is -2.08. The Morgan fingerprint density at radius 1 is 1.21 bits per heavy atom. The van der Waals surface area contributed by atoms with Crippen LogP contribution in [0.1, 0.15) is 22.8 Å². The Morgan fingerprint density at radius 2 is 1.93 bits per heavy atom. The van der Waals surface area contributed by atoms with Gasteiger partial charge in [-0.05, 0) is 42.8 Å². The SMILES string of the molecule is CCOC(=O)c1ccc(CN/C=C(/C#N)C(=O)Nc2ccc(OC)c(Cl)c2)cc1. The van der Waals surface area contributed by atoms with Gasteiger partial charge in [-0.15, -0.1) is 0 Å². The zero-order chi connectivity index (χ0) is 21.2. The summed E-state index contributed by atoms with van der Waals surface area (Å²) in [7, 11) is 1.49. The lowest BCUT2D eigenvalue weighted by molar-refractivity contribution is -0.112. The van der Waals surface area contributed by atoms with Crippen LogP contribution in [0.5, 0.6) is 5.75 Å². The van der Waals surface area contributed by atoms with Gasteiger partial charge in [-0.25, -0.2) is 4.79 Å². The van der Waals surface area contributed by atoms with Gasteiger partial charge in [-0.1, -0.05) is 23.7 Å². The van der Waals surface area contributed by atoms with Crippen molar-refractivity contribution in [2.45, 2.75) is 13.5 Å². The summed E-state index contributed by atoms with van der Waals surface area (Å²) in [4.78, 5) is 23.9. The summed E-state index contributed by atoms with van der Waals surface area (Å²) in [5, 5.41) is 15.1. The minimum absolute atomic E-state index is 0.0971. The van der Waals surface area contributed by atoms with Gasteiger partial charge in [-0.3, -0.25) is 4.79 Å². The quantitative estimate of drug-likeness (QED) is 0.389. The summed E-state index contributed by atoms with van der Waals surface area (Å²) < 4.78 is 9.99. The van der Waals surface area contributed by atoms with Gasteiger partial charge in [0.25, 0.3) is 5.91 Å². The summed E-state index contributed by atoms with van der Waals surface area (Å²) in [5.41, 5.74) is 1.67. The van der Waals surface area contributed by atoms with Crippen molar-refractivity contribution in [2.75, 3.05) is 19.0 Å². The Balaban J connectivity index is 1.95. The molecule has 0 aromatic heterocycles. The molecule has 1 amide bonds. The maximum Gasteiger partial charge on any atom is 0.338 e. The number of ether oxygens (including phenoxy) is 2. The van der Waals surface area contributed by atoms with E-state index >= 15 is 0 Å². The second-order valence-electron chi connectivity index (χ2n) is 5.77. The number of hydrogen-bond donors (Lipinski definition) is 2. The molecular weight excluding hydrogens is 394 g/mol. The minimum atomic E-state index is -0.570. The smallest absolute Gasteiger partial charge is 0.338 e. The molecule has 0 atom stereocenters. The molecule has 2 rings (SSSR count). The highest BCUT2D eigenvalue weighted by atomic mass is 35.5. The topological polar surface area (TPSA) is 100 Å². The molecule has 2 aromatic rings. The molecule has 0 aliphatic rings. The largest absolute Gasteiger partial charge is 0.495 e. The highest BCUT2D eigenvalue weighted by molar-refractivity contribution is 6.32. The minimum Gasteiger partial charge on any atom is -0.495 e. The Morgan fingerprint density at radius 3 is 2.52 bits per heavy atom. The zero-order valence-electron chi connectivity index (χ0n) is 16.0. The number of benzene rings is 2. The lowest BCUT2D eigenvalue weighted by Crippen LogP contribution is -2.16. The van der Waals surface area contributed by atoms with E-state index in [1.807, 2.05) is 6.07 Å². The number of carbonyl (C=O) groups is 2. The van der Waals surface area contributed by atoms with E-state index in [9.17, 15) is 14.9 Å². The van der Waals surface area contributed by atoms with Crippen molar-refractivity contribution in [3.05, 3.63) is 70.4 Å². The number of nitriles is 1. The fourth-order valence-electron chi connectivity index (χ4n) is 2.34. The average molecular weight is 414 g/mol. The molecule has 0 unspecified atom stereocenters. The van der Waals surface area contributed by atoms with Crippen LogP contribution in [0.4, 0.5) is 5.69 Å². The average Bonchev–Trinajstić information content (AvgIpc) is 2.72. The van der Waals surface area contributed by atoms with E-state index in [1.54, 1.807) is 43.3 Å². The van der Waals surface area contributed by atoms with E-state index in [2.05, 4.69) is 10.6 Å². The summed E-state index contributed by atoms with van der Waals surface area (Å²) in [6, 6.07) is 13.5. The fourth-order valence-corrected chi connectivity index (χ4v) is 2.59. The molecule has 7 nitrogen and oxygen atoms in total. The van der Waals surface area contributed by atoms with Crippen LogP contribution in [0.2, 0.25) is 5.02 Å². The van der Waals surface area contributed by atoms with E-state index in [-0.39, 0.29) is 11.5 Å². The van der Waals surface area contributed by atoms with Crippen molar-refractivity contribution in [2.24, 2.45) is 0 Å². The molecule has 2 N–H and O–H groups in total. The number of carbonyl (C=O) groups excluding carboxylic acids is 2. The summed E-state index contributed by atoms with van der Waals surface area (Å²) in [6.45, 7) is 2.43. The van der Waals surface area contributed by atoms with Gasteiger partial charge in [0.15, 0.2) is 0 Å². The van der Waals surface area contributed by atoms with Gasteiger partial charge in [0.2, 0.25) is 0 Å². The summed E-state index contributed by atoms with van der Waals surface area (Å²) >= 11 is 6.03. The van der Waals surface area contributed by atoms with Gasteiger partial charge in [0, 0.05) is 18.4 Å². The number of nitrogens with zero attached hydrogens (tertiary/aromatic N) is 1. The Labute approximate surface area is 173 Å². The van der Waals surface area contributed by atoms with Crippen molar-refractivity contribution < 1.29 is 19.1 Å². The molecule has 0 aliphatic heterocycles. The number of anilines is 1. The standard InChI is InChI=1S/C21H20ClN3O4/c1-3-29-21(27)15-6-4-14(5-7-15)12-24-13-16(11-23)20(26)25-17-8-9-19(28-2)18(22)10-17/h4-10,13,24H,3,12H2,1-2H3,(H,25,26)/b16-13-. The van der Waals surface area contributed by atoms with Crippen LogP contribution in [0.15, 0.2) is 54.2 Å². The third-order valence-electron chi connectivity index (χ3n) is 3.79. The fraction of sp³-hybridized carbons (Fsp3) is 0.190. The molecule has 0 bridgehead atoms. The molecule has 150 valence electrons. The molecular formula is C21H20ClN3O4. The highest BCUT2D eigenvalue weighted by Crippen LogP contribution is 2.27. The Bertz CT molecular complexity index is 949. The van der Waals surface area contributed by atoms with Gasteiger partial charge < -0.3 is 20.1 Å². The molecule has 0 aliphatic carbocycles. The maximum absolute atomic E-state index is 12.3. The van der Waals surface area contributed by atoms with E-state index in [0.29, 0.717) is 35.2 Å². The second kappa shape index (κ2) is 10.7. The van der Waals surface area contributed by atoms with Crippen LogP contribution in [0.3, 0.4) is 0 Å². The first-order chi connectivity index (χ1) is 14.0. The molecule has 0 heterocycles. The molecule has 0 saturated carbocycles. The zero-order valence-corrected chi connectivity index (χ0v) is 16.7. The molecule has 8 heteroatoms. The van der Waals surface area contributed by atoms with Crippen LogP contribution >= 0.6 is 11.6 Å². The van der Waals surface area contributed by atoms with Crippen molar-refractivity contribution >= 4 is 29.2 Å². The van der Waals surface area contributed by atoms with E-state index < -0.39 is 5.91 Å². The predicted octanol–water partition coefficient (Wildman–Crippen LogP) is 3.66. The predicted molar refractivity (Wildman–Crippen MR) is 110 cm³/mol. The number of halogens is 1. The summed E-state index contributed by atoms with van der Waals surface area (Å²) in [6.07, 6.45) is 1.33. The number of hydrogen-bond acceptors (Lipinski definition) is 6. The third kappa shape index (κ3) is 6.26. The first kappa shape index (κ1) is 21.8. The number of amides is 1. The Kier molecular flexibility index (Phi) is 8.07. The number of methoxy groups -OCH3 is 1. The maximum atomic E-state index is 12.3. The van der Waals surface area contributed by atoms with Crippen molar-refractivity contribution in [3.8, 4) is 11.8 Å². The third-order valence-corrected chi connectivity index (χ3v) is 4.09. The highest BCUT2D eigenvalue weighted by Gasteiger charge is 2.11. The molecule has 0 radical (unpaired) electrons. The molecule has 29 heavy (non-hydrogen) atoms. The number of rotatable bonds is 8. The van der Waals surface area contributed by atoms with Gasteiger partial charge in [0.05, 0.1) is 24.3 Å². The number of nitrogens with one attached hydrogen (secondary N) is 2. The molecule has 0 saturated heterocycles. The van der Waals surface area contributed by atoms with Gasteiger partial charge in [0.1, 0.15) is 17.4 Å². The second-order valence-corrected chi connectivity index (χ2v) is 6.18. The van der Waals surface area contributed by atoms with E-state index in [0.717, 1.165) is 5.56 Å². The van der Waals surface area contributed by atoms with Crippen LogP contribution < -0.4 is 15.4 Å². The first-order valence-electron chi connectivity index (χ1n) is 8.73. The van der Waals surface area contributed by atoms with Crippen molar-refractivity contribution in [1.82, 2.24) is 5.32 Å². The lowest BCUT2D eigenvalue weighted by atomic mass is 10.1. The van der Waals surface area contributed by atoms with Gasteiger partial charge in [-0.2, -0.15) is 5.26 Å². The molecule has 0 fully saturated rings. The monoisotopic (exact) mass is 413 g/mol. The number of esters is 1.